The van der Waals surface area contributed by atoms with E-state index >= 15 is 0 Å². The van der Waals surface area contributed by atoms with Crippen molar-refractivity contribution in [1.29, 1.82) is 0 Å². The molecule has 1 aromatic heterocycles. The van der Waals surface area contributed by atoms with Crippen LogP contribution in [0.4, 0.5) is 10.7 Å². The van der Waals surface area contributed by atoms with Gasteiger partial charge in [0.15, 0.2) is 0 Å². The topological polar surface area (TPSA) is 98.2 Å². The molecular formula is C22H32N6O3. The lowest BCUT2D eigenvalue weighted by molar-refractivity contribution is 0.0137. The number of amides is 1. The molecule has 168 valence electrons. The second kappa shape index (κ2) is 9.82. The second-order valence-corrected chi connectivity index (χ2v) is 8.52. The number of aromatic nitrogens is 2. The quantitative estimate of drug-likeness (QED) is 0.710. The molecule has 0 unspecified atom stereocenters. The van der Waals surface area contributed by atoms with Gasteiger partial charge in [0.05, 0.1) is 18.1 Å². The van der Waals surface area contributed by atoms with Gasteiger partial charge in [-0.2, -0.15) is 5.10 Å². The van der Waals surface area contributed by atoms with E-state index in [0.29, 0.717) is 25.6 Å². The van der Waals surface area contributed by atoms with Crippen LogP contribution in [0.5, 0.6) is 5.75 Å². The van der Waals surface area contributed by atoms with Gasteiger partial charge in [0.1, 0.15) is 18.0 Å². The van der Waals surface area contributed by atoms with Gasteiger partial charge in [0.2, 0.25) is 5.95 Å². The van der Waals surface area contributed by atoms with Gasteiger partial charge < -0.3 is 20.1 Å². The molecule has 0 radical (unpaired) electrons. The number of nitrogens with zero attached hydrogens (tertiary/aromatic N) is 5. The number of anilines is 1. The number of nitrogen functional groups attached to an aromatic ring is 1. The summed E-state index contributed by atoms with van der Waals surface area (Å²) in [6.45, 7) is 11.7. The van der Waals surface area contributed by atoms with Crippen LogP contribution in [0.2, 0.25) is 0 Å². The minimum absolute atomic E-state index is 0.245. The Labute approximate surface area is 183 Å². The van der Waals surface area contributed by atoms with Crippen LogP contribution in [0.25, 0.3) is 0 Å². The molecule has 9 nitrogen and oxygen atoms in total. The summed E-state index contributed by atoms with van der Waals surface area (Å²) in [5, 5.41) is 4.37. The molecule has 0 spiro atoms. The summed E-state index contributed by atoms with van der Waals surface area (Å²) in [5.41, 5.74) is 7.04. The van der Waals surface area contributed by atoms with E-state index in [1.54, 1.807) is 17.3 Å². The van der Waals surface area contributed by atoms with Crippen LogP contribution in [-0.2, 0) is 4.74 Å². The molecule has 1 saturated heterocycles. The fourth-order valence-corrected chi connectivity index (χ4v) is 3.20. The minimum atomic E-state index is -0.471. The van der Waals surface area contributed by atoms with E-state index in [0.717, 1.165) is 36.6 Å². The Hall–Kier alpha value is -3.07. The summed E-state index contributed by atoms with van der Waals surface area (Å²) >= 11 is 0. The molecule has 0 saturated carbocycles. The Balaban J connectivity index is 1.47. The van der Waals surface area contributed by atoms with Crippen molar-refractivity contribution in [2.45, 2.75) is 33.3 Å². The maximum absolute atomic E-state index is 12.2. The van der Waals surface area contributed by atoms with Gasteiger partial charge in [-0.1, -0.05) is 12.1 Å². The Morgan fingerprint density at radius 3 is 2.58 bits per heavy atom. The third-order valence-corrected chi connectivity index (χ3v) is 4.76. The number of para-hydroxylation sites is 1. The SMILES string of the molecule is Cc1cn(N=Cc2ccccc2OCCN2CCN(C(=O)OC(C)(C)C)CC2)c(N)n1. The third-order valence-electron chi connectivity index (χ3n) is 4.76. The van der Waals surface area contributed by atoms with Crippen LogP contribution in [-0.4, -0.2) is 76.7 Å². The lowest BCUT2D eigenvalue weighted by Crippen LogP contribution is -2.50. The minimum Gasteiger partial charge on any atom is -0.492 e. The number of aryl methyl sites for hydroxylation is 1. The number of nitrogens with two attached hydrogens (primary N) is 1. The zero-order valence-electron chi connectivity index (χ0n) is 18.7. The Bertz CT molecular complexity index is 910. The highest BCUT2D eigenvalue weighted by Gasteiger charge is 2.25. The fourth-order valence-electron chi connectivity index (χ4n) is 3.20. The van der Waals surface area contributed by atoms with E-state index in [-0.39, 0.29) is 6.09 Å². The highest BCUT2D eigenvalue weighted by atomic mass is 16.6. The van der Waals surface area contributed by atoms with Gasteiger partial charge in [0, 0.05) is 38.3 Å². The van der Waals surface area contributed by atoms with Crippen LogP contribution in [0.15, 0.2) is 35.6 Å². The lowest BCUT2D eigenvalue weighted by Gasteiger charge is -2.35. The van der Waals surface area contributed by atoms with Crippen molar-refractivity contribution in [3.05, 3.63) is 41.7 Å². The summed E-state index contributed by atoms with van der Waals surface area (Å²) in [7, 11) is 0. The first-order valence-electron chi connectivity index (χ1n) is 10.5. The zero-order chi connectivity index (χ0) is 22.4. The molecule has 9 heteroatoms. The highest BCUT2D eigenvalue weighted by molar-refractivity contribution is 5.83. The molecule has 2 N–H and O–H groups in total. The first kappa shape index (κ1) is 22.6. The van der Waals surface area contributed by atoms with E-state index in [1.807, 2.05) is 52.0 Å². The number of benzene rings is 1. The van der Waals surface area contributed by atoms with E-state index in [9.17, 15) is 4.79 Å². The number of imidazole rings is 1. The molecule has 1 amide bonds. The van der Waals surface area contributed by atoms with Crippen LogP contribution >= 0.6 is 0 Å². The molecule has 0 aliphatic carbocycles. The monoisotopic (exact) mass is 428 g/mol. The molecule has 0 atom stereocenters. The van der Waals surface area contributed by atoms with Gasteiger partial charge in [-0.15, -0.1) is 0 Å². The fraction of sp³-hybridized carbons (Fsp3) is 0.500. The van der Waals surface area contributed by atoms with E-state index in [2.05, 4.69) is 15.0 Å². The van der Waals surface area contributed by atoms with Crippen molar-refractivity contribution >= 4 is 18.3 Å². The summed E-state index contributed by atoms with van der Waals surface area (Å²) in [6, 6.07) is 7.73. The van der Waals surface area contributed by atoms with Gasteiger partial charge in [-0.25, -0.2) is 14.5 Å². The maximum Gasteiger partial charge on any atom is 0.410 e. The normalized spacial score (nSPS) is 15.4. The molecule has 1 fully saturated rings. The number of hydrogen-bond acceptors (Lipinski definition) is 7. The number of rotatable bonds is 6. The summed E-state index contributed by atoms with van der Waals surface area (Å²) in [4.78, 5) is 20.4. The predicted octanol–water partition coefficient (Wildman–Crippen LogP) is 2.59. The van der Waals surface area contributed by atoms with Gasteiger partial charge >= 0.3 is 6.09 Å². The van der Waals surface area contributed by atoms with Crippen molar-refractivity contribution in [2.24, 2.45) is 5.10 Å². The summed E-state index contributed by atoms with van der Waals surface area (Å²) in [5.74, 6) is 1.10. The molecule has 1 aromatic carbocycles. The number of ether oxygens (including phenoxy) is 2. The van der Waals surface area contributed by atoms with Crippen molar-refractivity contribution in [3.63, 3.8) is 0 Å². The Kier molecular flexibility index (Phi) is 7.17. The predicted molar refractivity (Wildman–Crippen MR) is 121 cm³/mol. The number of carbonyl (C=O) groups excluding carboxylic acids is 1. The van der Waals surface area contributed by atoms with E-state index < -0.39 is 5.60 Å². The summed E-state index contributed by atoms with van der Waals surface area (Å²) in [6.07, 6.45) is 3.24. The molecule has 2 aromatic rings. The van der Waals surface area contributed by atoms with Crippen LogP contribution in [0, 0.1) is 6.92 Å². The highest BCUT2D eigenvalue weighted by Crippen LogP contribution is 2.17. The van der Waals surface area contributed by atoms with Crippen molar-refractivity contribution in [2.75, 3.05) is 45.1 Å². The first-order chi connectivity index (χ1) is 14.7. The van der Waals surface area contributed by atoms with Crippen LogP contribution < -0.4 is 10.5 Å². The standard InChI is InChI=1S/C22H32N6O3/c1-17-16-28(20(23)25-17)24-15-18-7-5-6-8-19(18)30-14-13-26-9-11-27(12-10-26)21(29)31-22(2,3)4/h5-8,15-16H,9-14H2,1-4H3,(H2,23,25). The first-order valence-corrected chi connectivity index (χ1v) is 10.5. The maximum atomic E-state index is 12.2. The van der Waals surface area contributed by atoms with E-state index in [1.165, 1.54) is 4.68 Å². The molecule has 31 heavy (non-hydrogen) atoms. The second-order valence-electron chi connectivity index (χ2n) is 8.52. The smallest absolute Gasteiger partial charge is 0.410 e. The number of hydrogen-bond donors (Lipinski definition) is 1. The van der Waals surface area contributed by atoms with Crippen molar-refractivity contribution in [3.8, 4) is 5.75 Å². The number of carbonyl (C=O) groups is 1. The van der Waals surface area contributed by atoms with Gasteiger partial charge in [0.25, 0.3) is 0 Å². The third kappa shape index (κ3) is 6.71. The average molecular weight is 429 g/mol. The van der Waals surface area contributed by atoms with Crippen molar-refractivity contribution < 1.29 is 14.3 Å². The van der Waals surface area contributed by atoms with Gasteiger partial charge in [-0.3, -0.25) is 4.90 Å². The van der Waals surface area contributed by atoms with E-state index in [4.69, 9.17) is 15.2 Å². The van der Waals surface area contributed by atoms with Crippen molar-refractivity contribution in [1.82, 2.24) is 19.5 Å². The Morgan fingerprint density at radius 2 is 1.94 bits per heavy atom. The molecular weight excluding hydrogens is 396 g/mol. The van der Waals surface area contributed by atoms with Gasteiger partial charge in [-0.05, 0) is 39.8 Å². The largest absolute Gasteiger partial charge is 0.492 e. The number of piperazine rings is 1. The molecule has 1 aliphatic heterocycles. The summed E-state index contributed by atoms with van der Waals surface area (Å²) < 4.78 is 13.0. The molecule has 0 bridgehead atoms. The van der Waals surface area contributed by atoms with Crippen LogP contribution in [0.3, 0.4) is 0 Å². The lowest BCUT2D eigenvalue weighted by atomic mass is 10.2. The average Bonchev–Trinajstić information content (AvgIpc) is 3.03. The molecule has 2 heterocycles. The molecule has 3 rings (SSSR count). The Morgan fingerprint density at radius 1 is 1.23 bits per heavy atom. The van der Waals surface area contributed by atoms with Crippen LogP contribution in [0.1, 0.15) is 32.0 Å². The molecule has 1 aliphatic rings. The zero-order valence-corrected chi connectivity index (χ0v) is 18.7.